The minimum absolute atomic E-state index is 0.0196. The highest BCUT2D eigenvalue weighted by Crippen LogP contribution is 2.59. The SMILES string of the molecule is COc1c2c(c(OC)c3occc13)O[C@](O)(C(F)(F)C(F)(F)C(F)(F)C(F)(F)F)CC2=O. The number of halogens is 9. The normalized spacial score (nSPS) is 20.2. The molecule has 6 nitrogen and oxygen atoms in total. The van der Waals surface area contributed by atoms with Crippen molar-refractivity contribution in [3.63, 3.8) is 0 Å². The van der Waals surface area contributed by atoms with E-state index in [1.54, 1.807) is 0 Å². The maximum Gasteiger partial charge on any atom is 0.460 e. The number of ether oxygens (including phenoxy) is 3. The van der Waals surface area contributed by atoms with Crippen molar-refractivity contribution in [2.24, 2.45) is 0 Å². The van der Waals surface area contributed by atoms with Gasteiger partial charge in [-0.3, -0.25) is 4.79 Å². The van der Waals surface area contributed by atoms with Gasteiger partial charge >= 0.3 is 23.9 Å². The topological polar surface area (TPSA) is 78.1 Å². The third kappa shape index (κ3) is 2.82. The van der Waals surface area contributed by atoms with Gasteiger partial charge in [0.15, 0.2) is 17.1 Å². The molecule has 2 aromatic rings. The van der Waals surface area contributed by atoms with Crippen LogP contribution in [0.1, 0.15) is 16.8 Å². The average molecular weight is 482 g/mol. The first kappa shape index (κ1) is 23.8. The van der Waals surface area contributed by atoms with Crippen LogP contribution in [0.15, 0.2) is 16.7 Å². The van der Waals surface area contributed by atoms with E-state index in [1.807, 2.05) is 0 Å². The summed E-state index contributed by atoms with van der Waals surface area (Å²) < 4.78 is 140. The summed E-state index contributed by atoms with van der Waals surface area (Å²) in [5.41, 5.74) is -1.07. The summed E-state index contributed by atoms with van der Waals surface area (Å²) in [5, 5.41) is 10.1. The Bertz CT molecular complexity index is 1070. The molecule has 0 saturated carbocycles. The van der Waals surface area contributed by atoms with Crippen LogP contribution in [0, 0.1) is 0 Å². The molecule has 15 heteroatoms. The predicted octanol–water partition coefficient (Wildman–Crippen LogP) is 4.57. The van der Waals surface area contributed by atoms with Gasteiger partial charge < -0.3 is 23.7 Å². The fourth-order valence-electron chi connectivity index (χ4n) is 3.17. The van der Waals surface area contributed by atoms with Crippen LogP contribution in [0.5, 0.6) is 17.2 Å². The van der Waals surface area contributed by atoms with Gasteiger partial charge in [-0.15, -0.1) is 0 Å². The van der Waals surface area contributed by atoms with Gasteiger partial charge in [0.05, 0.1) is 32.3 Å². The molecule has 1 aromatic carbocycles. The molecule has 1 atom stereocenters. The van der Waals surface area contributed by atoms with Crippen molar-refractivity contribution in [1.29, 1.82) is 0 Å². The van der Waals surface area contributed by atoms with Crippen molar-refractivity contribution in [1.82, 2.24) is 0 Å². The number of aliphatic hydroxyl groups is 1. The molecular formula is C17H11F9O6. The van der Waals surface area contributed by atoms with Crippen LogP contribution in [0.2, 0.25) is 0 Å². The van der Waals surface area contributed by atoms with Gasteiger partial charge in [-0.05, 0) is 6.07 Å². The Morgan fingerprint density at radius 3 is 2.03 bits per heavy atom. The first-order valence-electron chi connectivity index (χ1n) is 8.28. The summed E-state index contributed by atoms with van der Waals surface area (Å²) in [6.45, 7) is 0. The lowest BCUT2D eigenvalue weighted by Gasteiger charge is -2.43. The van der Waals surface area contributed by atoms with Crippen molar-refractivity contribution in [2.75, 3.05) is 14.2 Å². The summed E-state index contributed by atoms with van der Waals surface area (Å²) in [7, 11) is 1.89. The summed E-state index contributed by atoms with van der Waals surface area (Å²) in [5.74, 6) is -29.9. The standard InChI is InChI=1S/C17H11F9O6/c1-29-9-6-3-4-31-10(6)12(30-2)11-8(9)7(27)5-13(28,32-11)14(18,19)15(20,21)16(22,23)17(24,25)26/h3-4,28H,5H2,1-2H3/t13-/m0/s1. The monoisotopic (exact) mass is 482 g/mol. The third-order valence-electron chi connectivity index (χ3n) is 4.77. The quantitative estimate of drug-likeness (QED) is 0.630. The van der Waals surface area contributed by atoms with Crippen LogP contribution in [-0.4, -0.2) is 54.8 Å². The fourth-order valence-corrected chi connectivity index (χ4v) is 3.17. The molecule has 178 valence electrons. The van der Waals surface area contributed by atoms with E-state index >= 15 is 0 Å². The van der Waals surface area contributed by atoms with Crippen LogP contribution >= 0.6 is 0 Å². The maximum atomic E-state index is 14.5. The van der Waals surface area contributed by atoms with E-state index < -0.39 is 64.7 Å². The molecule has 32 heavy (non-hydrogen) atoms. The molecule has 0 spiro atoms. The number of benzene rings is 1. The van der Waals surface area contributed by atoms with Gasteiger partial charge in [-0.2, -0.15) is 39.5 Å². The Labute approximate surface area is 171 Å². The van der Waals surface area contributed by atoms with Crippen LogP contribution in [0.4, 0.5) is 39.5 Å². The number of fused-ring (bicyclic) bond motifs is 2. The molecular weight excluding hydrogens is 471 g/mol. The Morgan fingerprint density at radius 2 is 1.53 bits per heavy atom. The van der Waals surface area contributed by atoms with E-state index in [0.29, 0.717) is 0 Å². The van der Waals surface area contributed by atoms with E-state index in [4.69, 9.17) is 13.9 Å². The van der Waals surface area contributed by atoms with E-state index in [9.17, 15) is 49.4 Å². The zero-order valence-corrected chi connectivity index (χ0v) is 15.8. The summed E-state index contributed by atoms with van der Waals surface area (Å²) in [6, 6.07) is 1.23. The van der Waals surface area contributed by atoms with E-state index in [0.717, 1.165) is 20.5 Å². The van der Waals surface area contributed by atoms with E-state index in [2.05, 4.69) is 4.74 Å². The fraction of sp³-hybridized carbons (Fsp3) is 0.471. The number of rotatable bonds is 5. The lowest BCUT2D eigenvalue weighted by molar-refractivity contribution is -0.435. The molecule has 0 aliphatic carbocycles. The number of hydrogen-bond acceptors (Lipinski definition) is 6. The maximum absolute atomic E-state index is 14.5. The van der Waals surface area contributed by atoms with Crippen molar-refractivity contribution in [2.45, 2.75) is 36.2 Å². The number of carbonyl (C=O) groups excluding carboxylic acids is 1. The van der Waals surface area contributed by atoms with Crippen molar-refractivity contribution >= 4 is 16.8 Å². The highest BCUT2D eigenvalue weighted by Gasteiger charge is 2.87. The first-order valence-corrected chi connectivity index (χ1v) is 8.28. The molecule has 0 amide bonds. The Morgan fingerprint density at radius 1 is 0.969 bits per heavy atom. The van der Waals surface area contributed by atoms with E-state index in [-0.39, 0.29) is 11.0 Å². The second-order valence-corrected chi connectivity index (χ2v) is 6.64. The molecule has 0 saturated heterocycles. The summed E-state index contributed by atoms with van der Waals surface area (Å²) >= 11 is 0. The highest BCUT2D eigenvalue weighted by atomic mass is 19.4. The van der Waals surface area contributed by atoms with Crippen molar-refractivity contribution < 1.29 is 68.0 Å². The number of hydrogen-bond donors (Lipinski definition) is 1. The van der Waals surface area contributed by atoms with Crippen LogP contribution in [0.25, 0.3) is 11.0 Å². The van der Waals surface area contributed by atoms with Gasteiger partial charge in [0.1, 0.15) is 11.3 Å². The van der Waals surface area contributed by atoms with Crippen molar-refractivity contribution in [3.8, 4) is 17.2 Å². The second kappa shape index (κ2) is 6.83. The number of carbonyl (C=O) groups is 1. The second-order valence-electron chi connectivity index (χ2n) is 6.64. The predicted molar refractivity (Wildman–Crippen MR) is 84.7 cm³/mol. The number of furan rings is 1. The minimum Gasteiger partial charge on any atom is -0.495 e. The Balaban J connectivity index is 2.25. The van der Waals surface area contributed by atoms with Gasteiger partial charge in [-0.1, -0.05) is 0 Å². The minimum atomic E-state index is -7.31. The molecule has 0 bridgehead atoms. The number of Topliss-reactive ketones (excluding diaryl/α,β-unsaturated/α-hetero) is 1. The average Bonchev–Trinajstić information content (AvgIpc) is 3.14. The van der Waals surface area contributed by atoms with Crippen LogP contribution in [0.3, 0.4) is 0 Å². The molecule has 1 aliphatic rings. The third-order valence-corrected chi connectivity index (χ3v) is 4.77. The lowest BCUT2D eigenvalue weighted by atomic mass is 9.87. The zero-order chi connectivity index (χ0) is 24.5. The van der Waals surface area contributed by atoms with Crippen molar-refractivity contribution in [3.05, 3.63) is 17.9 Å². The summed E-state index contributed by atoms with van der Waals surface area (Å²) in [6.07, 6.45) is -8.24. The molecule has 0 radical (unpaired) electrons. The van der Waals surface area contributed by atoms with Crippen LogP contribution < -0.4 is 14.2 Å². The van der Waals surface area contributed by atoms with Gasteiger partial charge in [0.2, 0.25) is 5.75 Å². The van der Waals surface area contributed by atoms with Gasteiger partial charge in [0.25, 0.3) is 5.79 Å². The highest BCUT2D eigenvalue weighted by molar-refractivity contribution is 6.10. The lowest BCUT2D eigenvalue weighted by Crippen LogP contribution is -2.71. The molecule has 1 N–H and O–H groups in total. The molecule has 1 aliphatic heterocycles. The molecule has 0 fully saturated rings. The van der Waals surface area contributed by atoms with Gasteiger partial charge in [0, 0.05) is 0 Å². The largest absolute Gasteiger partial charge is 0.495 e. The molecule has 2 heterocycles. The number of alkyl halides is 9. The molecule has 1 aromatic heterocycles. The number of ketones is 1. The Hall–Kier alpha value is -2.84. The smallest absolute Gasteiger partial charge is 0.460 e. The molecule has 3 rings (SSSR count). The zero-order valence-electron chi connectivity index (χ0n) is 15.8. The van der Waals surface area contributed by atoms with Gasteiger partial charge in [-0.25, -0.2) is 0 Å². The molecule has 0 unspecified atom stereocenters. The number of methoxy groups -OCH3 is 2. The summed E-state index contributed by atoms with van der Waals surface area (Å²) in [4.78, 5) is 12.5. The first-order chi connectivity index (χ1) is 14.5. The Kier molecular flexibility index (Phi) is 5.08. The van der Waals surface area contributed by atoms with Crippen LogP contribution in [-0.2, 0) is 0 Å². The van der Waals surface area contributed by atoms with E-state index in [1.165, 1.54) is 6.07 Å².